The molecule has 0 spiro atoms. The maximum absolute atomic E-state index is 11.4. The second-order valence-electron chi connectivity index (χ2n) is 4.80. The highest BCUT2D eigenvalue weighted by Crippen LogP contribution is 2.27. The highest BCUT2D eigenvalue weighted by Gasteiger charge is 2.18. The van der Waals surface area contributed by atoms with E-state index in [4.69, 9.17) is 0 Å². The van der Waals surface area contributed by atoms with E-state index in [2.05, 4.69) is 17.6 Å². The standard InChI is InChI=1S/C12H24N2O/c1-10-4-3-5-11(8-10)9-14-12(15)6-7-13-2/h10-11,13H,3-9H2,1-2H3,(H,14,15). The largest absolute Gasteiger partial charge is 0.356 e. The van der Waals surface area contributed by atoms with Gasteiger partial charge < -0.3 is 10.6 Å². The molecule has 1 amide bonds. The molecule has 0 heterocycles. The molecule has 1 aliphatic rings. The van der Waals surface area contributed by atoms with Crippen LogP contribution in [0.3, 0.4) is 0 Å². The van der Waals surface area contributed by atoms with E-state index in [1.165, 1.54) is 25.7 Å². The van der Waals surface area contributed by atoms with Crippen LogP contribution in [-0.4, -0.2) is 26.0 Å². The fourth-order valence-electron chi connectivity index (χ4n) is 2.33. The SMILES string of the molecule is CNCCC(=O)NCC1CCCC(C)C1. The van der Waals surface area contributed by atoms with Crippen LogP contribution >= 0.6 is 0 Å². The first-order chi connectivity index (χ1) is 7.22. The molecule has 1 fully saturated rings. The van der Waals surface area contributed by atoms with E-state index in [1.54, 1.807) is 0 Å². The summed E-state index contributed by atoms with van der Waals surface area (Å²) >= 11 is 0. The maximum Gasteiger partial charge on any atom is 0.221 e. The van der Waals surface area contributed by atoms with Gasteiger partial charge in [0.05, 0.1) is 0 Å². The van der Waals surface area contributed by atoms with Crippen molar-refractivity contribution < 1.29 is 4.79 Å². The summed E-state index contributed by atoms with van der Waals surface area (Å²) in [4.78, 5) is 11.4. The monoisotopic (exact) mass is 212 g/mol. The van der Waals surface area contributed by atoms with Gasteiger partial charge in [-0.25, -0.2) is 0 Å². The Labute approximate surface area is 93.0 Å². The van der Waals surface area contributed by atoms with E-state index in [0.29, 0.717) is 12.3 Å². The molecule has 0 aromatic carbocycles. The summed E-state index contributed by atoms with van der Waals surface area (Å²) in [7, 11) is 1.87. The van der Waals surface area contributed by atoms with Crippen LogP contribution < -0.4 is 10.6 Å². The van der Waals surface area contributed by atoms with Crippen molar-refractivity contribution >= 4 is 5.91 Å². The summed E-state index contributed by atoms with van der Waals surface area (Å²) in [5.41, 5.74) is 0. The number of carbonyl (C=O) groups is 1. The lowest BCUT2D eigenvalue weighted by Gasteiger charge is -2.26. The number of amides is 1. The molecule has 0 aromatic rings. The maximum atomic E-state index is 11.4. The van der Waals surface area contributed by atoms with E-state index in [1.807, 2.05) is 7.05 Å². The van der Waals surface area contributed by atoms with Crippen molar-refractivity contribution in [3.8, 4) is 0 Å². The molecule has 15 heavy (non-hydrogen) atoms. The van der Waals surface area contributed by atoms with Crippen LogP contribution in [0.15, 0.2) is 0 Å². The number of rotatable bonds is 5. The topological polar surface area (TPSA) is 41.1 Å². The highest BCUT2D eigenvalue weighted by molar-refractivity contribution is 5.76. The van der Waals surface area contributed by atoms with Crippen molar-refractivity contribution in [1.82, 2.24) is 10.6 Å². The quantitative estimate of drug-likeness (QED) is 0.726. The van der Waals surface area contributed by atoms with Crippen LogP contribution in [0.1, 0.15) is 39.0 Å². The minimum Gasteiger partial charge on any atom is -0.356 e. The van der Waals surface area contributed by atoms with Crippen molar-refractivity contribution in [3.05, 3.63) is 0 Å². The van der Waals surface area contributed by atoms with Gasteiger partial charge in [0, 0.05) is 19.5 Å². The van der Waals surface area contributed by atoms with Gasteiger partial charge in [0.1, 0.15) is 0 Å². The number of nitrogens with one attached hydrogen (secondary N) is 2. The Balaban J connectivity index is 2.10. The Morgan fingerprint density at radius 3 is 2.87 bits per heavy atom. The minimum absolute atomic E-state index is 0.183. The van der Waals surface area contributed by atoms with Gasteiger partial charge in [-0.3, -0.25) is 4.79 Å². The Hall–Kier alpha value is -0.570. The predicted octanol–water partition coefficient (Wildman–Crippen LogP) is 1.54. The van der Waals surface area contributed by atoms with E-state index < -0.39 is 0 Å². The molecule has 88 valence electrons. The smallest absolute Gasteiger partial charge is 0.221 e. The van der Waals surface area contributed by atoms with E-state index in [-0.39, 0.29) is 5.91 Å². The van der Waals surface area contributed by atoms with Gasteiger partial charge in [-0.15, -0.1) is 0 Å². The van der Waals surface area contributed by atoms with Gasteiger partial charge in [0.2, 0.25) is 5.91 Å². The molecular weight excluding hydrogens is 188 g/mol. The normalized spacial score (nSPS) is 26.3. The molecule has 2 N–H and O–H groups in total. The number of hydrogen-bond acceptors (Lipinski definition) is 2. The van der Waals surface area contributed by atoms with E-state index in [0.717, 1.165) is 19.0 Å². The van der Waals surface area contributed by atoms with Crippen molar-refractivity contribution in [2.24, 2.45) is 11.8 Å². The summed E-state index contributed by atoms with van der Waals surface area (Å²) in [5, 5.41) is 6.01. The Morgan fingerprint density at radius 2 is 2.20 bits per heavy atom. The third-order valence-corrected chi connectivity index (χ3v) is 3.23. The van der Waals surface area contributed by atoms with Crippen molar-refractivity contribution in [3.63, 3.8) is 0 Å². The van der Waals surface area contributed by atoms with Crippen LogP contribution in [0, 0.1) is 11.8 Å². The molecule has 1 rings (SSSR count). The second-order valence-corrected chi connectivity index (χ2v) is 4.80. The molecule has 0 aliphatic heterocycles. The average molecular weight is 212 g/mol. The molecule has 3 nitrogen and oxygen atoms in total. The lowest BCUT2D eigenvalue weighted by atomic mass is 9.82. The summed E-state index contributed by atoms with van der Waals surface area (Å²) in [6.45, 7) is 3.97. The molecule has 2 atom stereocenters. The molecule has 0 aromatic heterocycles. The number of carbonyl (C=O) groups excluding carboxylic acids is 1. The first kappa shape index (κ1) is 12.5. The number of hydrogen-bond donors (Lipinski definition) is 2. The van der Waals surface area contributed by atoms with Gasteiger partial charge in [-0.05, 0) is 31.7 Å². The first-order valence-electron chi connectivity index (χ1n) is 6.13. The van der Waals surface area contributed by atoms with Gasteiger partial charge in [0.15, 0.2) is 0 Å². The molecule has 0 radical (unpaired) electrons. The van der Waals surface area contributed by atoms with Crippen molar-refractivity contribution in [1.29, 1.82) is 0 Å². The average Bonchev–Trinajstić information content (AvgIpc) is 2.23. The Morgan fingerprint density at radius 1 is 1.40 bits per heavy atom. The molecule has 0 saturated heterocycles. The summed E-state index contributed by atoms with van der Waals surface area (Å²) in [5.74, 6) is 1.74. The molecule has 0 bridgehead atoms. The Kier molecular flexibility index (Phi) is 5.69. The zero-order valence-electron chi connectivity index (χ0n) is 10.0. The third-order valence-electron chi connectivity index (χ3n) is 3.23. The van der Waals surface area contributed by atoms with Gasteiger partial charge in [0.25, 0.3) is 0 Å². The van der Waals surface area contributed by atoms with Gasteiger partial charge in [-0.2, -0.15) is 0 Å². The minimum atomic E-state index is 0.183. The van der Waals surface area contributed by atoms with Crippen LogP contribution in [0.4, 0.5) is 0 Å². The summed E-state index contributed by atoms with van der Waals surface area (Å²) in [6, 6.07) is 0. The highest BCUT2D eigenvalue weighted by atomic mass is 16.1. The van der Waals surface area contributed by atoms with Crippen LogP contribution in [0.25, 0.3) is 0 Å². The van der Waals surface area contributed by atoms with Gasteiger partial charge >= 0.3 is 0 Å². The van der Waals surface area contributed by atoms with E-state index in [9.17, 15) is 4.79 Å². The predicted molar refractivity (Wildman–Crippen MR) is 62.7 cm³/mol. The molecule has 1 aliphatic carbocycles. The molecular formula is C12H24N2O. The Bertz CT molecular complexity index is 194. The van der Waals surface area contributed by atoms with Gasteiger partial charge in [-0.1, -0.05) is 19.8 Å². The fourth-order valence-corrected chi connectivity index (χ4v) is 2.33. The zero-order valence-corrected chi connectivity index (χ0v) is 10.0. The summed E-state index contributed by atoms with van der Waals surface area (Å²) < 4.78 is 0. The van der Waals surface area contributed by atoms with Crippen LogP contribution in [-0.2, 0) is 4.79 Å². The lowest BCUT2D eigenvalue weighted by molar-refractivity contribution is -0.121. The van der Waals surface area contributed by atoms with Crippen molar-refractivity contribution in [2.45, 2.75) is 39.0 Å². The third kappa shape index (κ3) is 5.17. The summed E-state index contributed by atoms with van der Waals surface area (Å²) in [6.07, 6.45) is 5.87. The molecule has 1 saturated carbocycles. The van der Waals surface area contributed by atoms with Crippen LogP contribution in [0.5, 0.6) is 0 Å². The molecule has 2 unspecified atom stereocenters. The second kappa shape index (κ2) is 6.83. The first-order valence-corrected chi connectivity index (χ1v) is 6.13. The van der Waals surface area contributed by atoms with E-state index >= 15 is 0 Å². The lowest BCUT2D eigenvalue weighted by Crippen LogP contribution is -2.32. The van der Waals surface area contributed by atoms with Crippen molar-refractivity contribution in [2.75, 3.05) is 20.1 Å². The molecule has 3 heteroatoms. The van der Waals surface area contributed by atoms with Crippen LogP contribution in [0.2, 0.25) is 0 Å². The fraction of sp³-hybridized carbons (Fsp3) is 0.917. The zero-order chi connectivity index (χ0) is 11.1.